The molecule has 2 N–H and O–H groups in total. The van der Waals surface area contributed by atoms with Crippen LogP contribution in [0.4, 0.5) is 5.69 Å². The van der Waals surface area contributed by atoms with Gasteiger partial charge in [0.1, 0.15) is 0 Å². The van der Waals surface area contributed by atoms with Crippen LogP contribution in [-0.4, -0.2) is 18.0 Å². The third kappa shape index (κ3) is 3.03. The number of guanidine groups is 1. The van der Waals surface area contributed by atoms with Crippen molar-refractivity contribution in [2.24, 2.45) is 10.7 Å². The number of hydrogen-bond acceptors (Lipinski definition) is 3. The Kier molecular flexibility index (Phi) is 4.35. The lowest BCUT2D eigenvalue weighted by Crippen LogP contribution is -2.49. The summed E-state index contributed by atoms with van der Waals surface area (Å²) in [5.41, 5.74) is 7.08. The number of halogens is 1. The number of aliphatic imine (C=N–C) groups is 1. The lowest BCUT2D eigenvalue weighted by Gasteiger charge is -2.36. The molecule has 1 atom stereocenters. The highest BCUT2D eigenvalue weighted by Crippen LogP contribution is 2.33. The van der Waals surface area contributed by atoms with Gasteiger partial charge in [-0.1, -0.05) is 43.9 Å². The minimum atomic E-state index is -0.0239. The van der Waals surface area contributed by atoms with E-state index in [0.717, 1.165) is 23.7 Å². The van der Waals surface area contributed by atoms with Gasteiger partial charge < -0.3 is 10.6 Å². The van der Waals surface area contributed by atoms with Crippen LogP contribution in [0.2, 0.25) is 5.02 Å². The van der Waals surface area contributed by atoms with Crippen molar-refractivity contribution in [2.45, 2.75) is 45.1 Å². The molecule has 0 amide bonds. The quantitative estimate of drug-likeness (QED) is 0.833. The van der Waals surface area contributed by atoms with Crippen LogP contribution in [-0.2, 0) is 0 Å². The molecule has 0 bridgehead atoms. The van der Waals surface area contributed by atoms with Gasteiger partial charge in [-0.05, 0) is 31.5 Å². The molecule has 1 heterocycles. The van der Waals surface area contributed by atoms with E-state index in [1.807, 2.05) is 24.3 Å². The van der Waals surface area contributed by atoms with E-state index in [9.17, 15) is 0 Å². The van der Waals surface area contributed by atoms with Crippen molar-refractivity contribution in [3.05, 3.63) is 29.3 Å². The number of rotatable bonds is 5. The summed E-state index contributed by atoms with van der Waals surface area (Å²) in [5.74, 6) is 0.598. The van der Waals surface area contributed by atoms with Crippen molar-refractivity contribution in [1.82, 2.24) is 0 Å². The molecule has 104 valence electrons. The second-order valence-electron chi connectivity index (χ2n) is 5.44. The molecule has 19 heavy (non-hydrogen) atoms. The van der Waals surface area contributed by atoms with Gasteiger partial charge in [-0.15, -0.1) is 0 Å². The molecule has 0 radical (unpaired) electrons. The third-order valence-corrected chi connectivity index (χ3v) is 3.97. The van der Waals surface area contributed by atoms with Crippen LogP contribution in [0.25, 0.3) is 0 Å². The zero-order valence-corrected chi connectivity index (χ0v) is 12.5. The van der Waals surface area contributed by atoms with E-state index >= 15 is 0 Å². The summed E-state index contributed by atoms with van der Waals surface area (Å²) in [4.78, 5) is 6.57. The molecule has 1 aromatic carbocycles. The Balaban J connectivity index is 2.21. The SMILES string of the molecule is CCCCCC1(C)CN=C(N)N1c1cccc(Cl)c1. The van der Waals surface area contributed by atoms with Crippen molar-refractivity contribution < 1.29 is 0 Å². The zero-order valence-electron chi connectivity index (χ0n) is 11.7. The third-order valence-electron chi connectivity index (χ3n) is 3.74. The first-order valence-electron chi connectivity index (χ1n) is 6.92. The smallest absolute Gasteiger partial charge is 0.196 e. The van der Waals surface area contributed by atoms with E-state index in [-0.39, 0.29) is 5.54 Å². The van der Waals surface area contributed by atoms with Gasteiger partial charge in [-0.25, -0.2) is 0 Å². The Hall–Kier alpha value is -1.22. The van der Waals surface area contributed by atoms with E-state index in [2.05, 4.69) is 23.7 Å². The maximum atomic E-state index is 6.08. The van der Waals surface area contributed by atoms with E-state index < -0.39 is 0 Å². The van der Waals surface area contributed by atoms with Crippen molar-refractivity contribution in [3.8, 4) is 0 Å². The van der Waals surface area contributed by atoms with E-state index in [1.54, 1.807) is 0 Å². The number of nitrogens with two attached hydrogens (primary N) is 1. The molecule has 3 nitrogen and oxygen atoms in total. The Morgan fingerprint density at radius 2 is 2.21 bits per heavy atom. The van der Waals surface area contributed by atoms with Gasteiger partial charge in [-0.3, -0.25) is 4.99 Å². The molecule has 0 saturated carbocycles. The van der Waals surface area contributed by atoms with Crippen molar-refractivity contribution in [3.63, 3.8) is 0 Å². The standard InChI is InChI=1S/C15H22ClN3/c1-3-4-5-9-15(2)11-18-14(17)19(15)13-8-6-7-12(16)10-13/h6-8,10H,3-5,9,11H2,1-2H3,(H2,17,18). The fourth-order valence-corrected chi connectivity index (χ4v) is 2.86. The second-order valence-corrected chi connectivity index (χ2v) is 5.88. The molecular formula is C15H22ClN3. The highest BCUT2D eigenvalue weighted by Gasteiger charge is 2.38. The summed E-state index contributed by atoms with van der Waals surface area (Å²) in [6.45, 7) is 5.21. The van der Waals surface area contributed by atoms with Gasteiger partial charge in [0, 0.05) is 10.7 Å². The number of hydrogen-bond donors (Lipinski definition) is 1. The van der Waals surface area contributed by atoms with Crippen LogP contribution in [0.1, 0.15) is 39.5 Å². The molecule has 2 rings (SSSR count). The number of benzene rings is 1. The van der Waals surface area contributed by atoms with Gasteiger partial charge in [-0.2, -0.15) is 0 Å². The summed E-state index contributed by atoms with van der Waals surface area (Å²) in [7, 11) is 0. The van der Waals surface area contributed by atoms with Gasteiger partial charge in [0.2, 0.25) is 0 Å². The van der Waals surface area contributed by atoms with Crippen molar-refractivity contribution >= 4 is 23.2 Å². The summed E-state index contributed by atoms with van der Waals surface area (Å²) in [6, 6.07) is 7.82. The predicted molar refractivity (Wildman–Crippen MR) is 83.0 cm³/mol. The molecule has 4 heteroatoms. The molecular weight excluding hydrogens is 258 g/mol. The largest absolute Gasteiger partial charge is 0.369 e. The lowest BCUT2D eigenvalue weighted by atomic mass is 9.93. The molecule has 1 aromatic rings. The lowest BCUT2D eigenvalue weighted by molar-refractivity contribution is 0.438. The van der Waals surface area contributed by atoms with Crippen LogP contribution in [0.5, 0.6) is 0 Å². The molecule has 1 aliphatic rings. The molecule has 0 saturated heterocycles. The zero-order chi connectivity index (χ0) is 13.9. The normalized spacial score (nSPS) is 22.7. The van der Waals surface area contributed by atoms with Crippen LogP contribution in [0.3, 0.4) is 0 Å². The molecule has 0 aliphatic carbocycles. The van der Waals surface area contributed by atoms with Gasteiger partial charge in [0.15, 0.2) is 5.96 Å². The Bertz CT molecular complexity index is 472. The maximum Gasteiger partial charge on any atom is 0.196 e. The van der Waals surface area contributed by atoms with E-state index in [4.69, 9.17) is 17.3 Å². The average molecular weight is 280 g/mol. The van der Waals surface area contributed by atoms with Crippen molar-refractivity contribution in [2.75, 3.05) is 11.4 Å². The summed E-state index contributed by atoms with van der Waals surface area (Å²) >= 11 is 6.08. The monoisotopic (exact) mass is 279 g/mol. The van der Waals surface area contributed by atoms with Crippen LogP contribution >= 0.6 is 11.6 Å². The minimum Gasteiger partial charge on any atom is -0.369 e. The van der Waals surface area contributed by atoms with Gasteiger partial charge in [0.05, 0.1) is 12.1 Å². The predicted octanol–water partition coefficient (Wildman–Crippen LogP) is 3.81. The Morgan fingerprint density at radius 3 is 2.89 bits per heavy atom. The van der Waals surface area contributed by atoms with Crippen LogP contribution in [0.15, 0.2) is 29.3 Å². The summed E-state index contributed by atoms with van der Waals surface area (Å²) < 4.78 is 0. The summed E-state index contributed by atoms with van der Waals surface area (Å²) in [6.07, 6.45) is 4.77. The highest BCUT2D eigenvalue weighted by atomic mass is 35.5. The average Bonchev–Trinajstić information content (AvgIpc) is 2.66. The number of unbranched alkanes of at least 4 members (excludes halogenated alkanes) is 2. The summed E-state index contributed by atoms with van der Waals surface area (Å²) in [5, 5.41) is 0.730. The Labute approximate surface area is 120 Å². The van der Waals surface area contributed by atoms with Crippen LogP contribution < -0.4 is 10.6 Å². The highest BCUT2D eigenvalue weighted by molar-refractivity contribution is 6.31. The van der Waals surface area contributed by atoms with Gasteiger partial charge >= 0.3 is 0 Å². The van der Waals surface area contributed by atoms with Gasteiger partial charge in [0.25, 0.3) is 0 Å². The van der Waals surface area contributed by atoms with E-state index in [1.165, 1.54) is 19.3 Å². The number of nitrogens with zero attached hydrogens (tertiary/aromatic N) is 2. The first-order chi connectivity index (χ1) is 9.07. The Morgan fingerprint density at radius 1 is 1.42 bits per heavy atom. The topological polar surface area (TPSA) is 41.6 Å². The molecule has 1 unspecified atom stereocenters. The number of anilines is 1. The molecule has 0 aromatic heterocycles. The first-order valence-corrected chi connectivity index (χ1v) is 7.30. The molecule has 0 spiro atoms. The maximum absolute atomic E-state index is 6.08. The van der Waals surface area contributed by atoms with E-state index in [0.29, 0.717) is 5.96 Å². The van der Waals surface area contributed by atoms with Crippen molar-refractivity contribution in [1.29, 1.82) is 0 Å². The fraction of sp³-hybridized carbons (Fsp3) is 0.533. The first kappa shape index (κ1) is 14.2. The molecule has 1 aliphatic heterocycles. The van der Waals surface area contributed by atoms with Crippen LogP contribution in [0, 0.1) is 0 Å². The molecule has 0 fully saturated rings. The minimum absolute atomic E-state index is 0.0239. The second kappa shape index (κ2) is 5.83. The fourth-order valence-electron chi connectivity index (χ4n) is 2.68.